The zero-order valence-corrected chi connectivity index (χ0v) is 18.8. The van der Waals surface area contributed by atoms with Gasteiger partial charge < -0.3 is 10.4 Å². The van der Waals surface area contributed by atoms with Crippen molar-refractivity contribution in [2.45, 2.75) is 37.2 Å². The number of hydrogen-bond donors (Lipinski definition) is 2. The highest BCUT2D eigenvalue weighted by molar-refractivity contribution is 7.91. The van der Waals surface area contributed by atoms with E-state index in [9.17, 15) is 22.7 Å². The minimum atomic E-state index is -3.61. The number of carbonyl (C=O) groups is 1. The summed E-state index contributed by atoms with van der Waals surface area (Å²) < 4.78 is 38.7. The van der Waals surface area contributed by atoms with E-state index in [1.165, 1.54) is 42.5 Å². The Hall–Kier alpha value is -1.55. The Kier molecular flexibility index (Phi) is 9.20. The van der Waals surface area contributed by atoms with Gasteiger partial charge in [0.15, 0.2) is 9.84 Å². The molecule has 0 aliphatic heterocycles. The van der Waals surface area contributed by atoms with Crippen LogP contribution in [0, 0.1) is 18.7 Å². The molecule has 1 amide bonds. The molecule has 0 spiro atoms. The third-order valence-corrected chi connectivity index (χ3v) is 6.76. The van der Waals surface area contributed by atoms with Crippen LogP contribution in [0.25, 0.3) is 0 Å². The van der Waals surface area contributed by atoms with Crippen molar-refractivity contribution in [3.05, 3.63) is 59.4 Å². The molecule has 1 fully saturated rings. The van der Waals surface area contributed by atoms with Crippen molar-refractivity contribution in [1.29, 1.82) is 0 Å². The lowest BCUT2D eigenvalue weighted by Gasteiger charge is -2.15. The van der Waals surface area contributed by atoms with Gasteiger partial charge in [-0.15, -0.1) is 0 Å². The predicted molar refractivity (Wildman–Crippen MR) is 122 cm³/mol. The number of hydrogen-bond acceptors (Lipinski definition) is 4. The highest BCUT2D eigenvalue weighted by atomic mass is 32.2. The molecule has 160 valence electrons. The van der Waals surface area contributed by atoms with Crippen molar-refractivity contribution in [2.75, 3.05) is 11.1 Å². The number of sulfone groups is 1. The number of benzene rings is 2. The van der Waals surface area contributed by atoms with E-state index in [0.717, 1.165) is 6.42 Å². The molecular weight excluding hydrogens is 433 g/mol. The lowest BCUT2D eigenvalue weighted by molar-refractivity contribution is 0.102. The molecule has 9 heteroatoms. The van der Waals surface area contributed by atoms with Gasteiger partial charge in [0.1, 0.15) is 5.82 Å². The second-order valence-corrected chi connectivity index (χ2v) is 9.02. The van der Waals surface area contributed by atoms with E-state index >= 15 is 0 Å². The van der Waals surface area contributed by atoms with Gasteiger partial charge in [-0.25, -0.2) is 12.8 Å². The average Bonchev–Trinajstić information content (AvgIpc) is 3.02. The fourth-order valence-electron chi connectivity index (χ4n) is 3.35. The molecule has 0 saturated heterocycles. The Bertz CT molecular complexity index is 966. The number of aliphatic hydroxyl groups excluding tert-OH is 1. The first-order valence-corrected chi connectivity index (χ1v) is 10.5. The Morgan fingerprint density at radius 2 is 1.90 bits per heavy atom. The minimum absolute atomic E-state index is 0. The van der Waals surface area contributed by atoms with Crippen LogP contribution in [0.15, 0.2) is 47.4 Å². The van der Waals surface area contributed by atoms with Crippen LogP contribution >= 0.6 is 27.0 Å². The molecule has 2 atom stereocenters. The summed E-state index contributed by atoms with van der Waals surface area (Å²) in [6.07, 6.45) is 1.54. The molecule has 2 N–H and O–H groups in total. The second-order valence-electron chi connectivity index (χ2n) is 6.99. The van der Waals surface area contributed by atoms with Crippen LogP contribution in [0.1, 0.15) is 35.2 Å². The highest BCUT2D eigenvalue weighted by Crippen LogP contribution is 2.29. The van der Waals surface area contributed by atoms with Gasteiger partial charge in [-0.1, -0.05) is 12.5 Å². The first-order valence-electron chi connectivity index (χ1n) is 8.84. The van der Waals surface area contributed by atoms with E-state index < -0.39 is 21.8 Å². The van der Waals surface area contributed by atoms with Crippen LogP contribution < -0.4 is 5.32 Å². The lowest BCUT2D eigenvalue weighted by atomic mass is 10.1. The van der Waals surface area contributed by atoms with E-state index in [2.05, 4.69) is 5.32 Å². The largest absolute Gasteiger partial charge is 0.393 e. The van der Waals surface area contributed by atoms with Crippen LogP contribution in [0.4, 0.5) is 10.1 Å². The van der Waals surface area contributed by atoms with E-state index in [1.54, 1.807) is 6.92 Å². The molecule has 1 aliphatic carbocycles. The molecular formula is C20H26FNO4S3. The van der Waals surface area contributed by atoms with Crippen LogP contribution in [0.2, 0.25) is 0 Å². The molecule has 0 radical (unpaired) electrons. The molecule has 3 rings (SSSR count). The summed E-state index contributed by atoms with van der Waals surface area (Å²) in [5.41, 5.74) is 1.03. The van der Waals surface area contributed by atoms with E-state index in [0.29, 0.717) is 24.1 Å². The second kappa shape index (κ2) is 10.5. The predicted octanol–water partition coefficient (Wildman–Crippen LogP) is 3.55. The standard InChI is InChI=1S/C20H22FNO4S.2H2S/c1-13-10-16(8-9-18(13)21)22-20(24)14-4-2-6-17(11-14)27(25,26)12-15-5-3-7-19(15)23;;/h2,4,6,8-11,15,19,23H,3,5,7,12H2,1H3,(H,22,24);2*1H2/t15-,19+;;/m1../s1. The smallest absolute Gasteiger partial charge is 0.255 e. The van der Waals surface area contributed by atoms with Gasteiger partial charge in [0.05, 0.1) is 16.8 Å². The number of amides is 1. The van der Waals surface area contributed by atoms with Crippen LogP contribution in [0.5, 0.6) is 0 Å². The van der Waals surface area contributed by atoms with Gasteiger partial charge in [0.25, 0.3) is 5.91 Å². The van der Waals surface area contributed by atoms with E-state index in [-0.39, 0.29) is 54.9 Å². The number of aryl methyl sites for hydroxylation is 1. The third kappa shape index (κ3) is 6.21. The van der Waals surface area contributed by atoms with Gasteiger partial charge in [0.2, 0.25) is 0 Å². The normalized spacial score (nSPS) is 18.4. The van der Waals surface area contributed by atoms with Crippen molar-refractivity contribution in [3.63, 3.8) is 0 Å². The summed E-state index contributed by atoms with van der Waals surface area (Å²) in [7, 11) is -3.61. The average molecular weight is 460 g/mol. The van der Waals surface area contributed by atoms with Crippen LogP contribution in [-0.4, -0.2) is 31.3 Å². The first-order chi connectivity index (χ1) is 12.8. The number of halogens is 1. The summed E-state index contributed by atoms with van der Waals surface area (Å²) in [6, 6.07) is 10.0. The number of rotatable bonds is 5. The zero-order chi connectivity index (χ0) is 19.6. The summed E-state index contributed by atoms with van der Waals surface area (Å²) in [4.78, 5) is 12.5. The lowest BCUT2D eigenvalue weighted by Crippen LogP contribution is -2.23. The van der Waals surface area contributed by atoms with Gasteiger partial charge >= 0.3 is 0 Å². The van der Waals surface area contributed by atoms with Crippen LogP contribution in [-0.2, 0) is 9.84 Å². The maximum absolute atomic E-state index is 13.3. The molecule has 5 nitrogen and oxygen atoms in total. The summed E-state index contributed by atoms with van der Waals surface area (Å²) >= 11 is 0. The molecule has 2 aromatic carbocycles. The fraction of sp³-hybridized carbons (Fsp3) is 0.350. The number of anilines is 1. The summed E-state index contributed by atoms with van der Waals surface area (Å²) in [6.45, 7) is 1.59. The van der Waals surface area contributed by atoms with Crippen molar-refractivity contribution < 1.29 is 22.7 Å². The molecule has 1 saturated carbocycles. The van der Waals surface area contributed by atoms with Crippen LogP contribution in [0.3, 0.4) is 0 Å². The third-order valence-electron chi connectivity index (χ3n) is 4.92. The molecule has 2 aromatic rings. The van der Waals surface area contributed by atoms with Crippen molar-refractivity contribution >= 4 is 48.4 Å². The Morgan fingerprint density at radius 3 is 2.52 bits per heavy atom. The molecule has 0 unspecified atom stereocenters. The van der Waals surface area contributed by atoms with Gasteiger partial charge in [0, 0.05) is 11.3 Å². The quantitative estimate of drug-likeness (QED) is 0.716. The Morgan fingerprint density at radius 1 is 1.17 bits per heavy atom. The fourth-order valence-corrected chi connectivity index (χ4v) is 5.08. The Balaban J connectivity index is 0.00000210. The molecule has 1 aliphatic rings. The van der Waals surface area contributed by atoms with Gasteiger partial charge in [-0.05, 0) is 67.6 Å². The summed E-state index contributed by atoms with van der Waals surface area (Å²) in [5.74, 6) is -1.24. The number of carbonyl (C=O) groups excluding carboxylic acids is 1. The maximum atomic E-state index is 13.3. The van der Waals surface area contributed by atoms with Gasteiger partial charge in [-0.3, -0.25) is 4.79 Å². The molecule has 0 aromatic heterocycles. The minimum Gasteiger partial charge on any atom is -0.393 e. The topological polar surface area (TPSA) is 83.5 Å². The highest BCUT2D eigenvalue weighted by Gasteiger charge is 2.30. The zero-order valence-electron chi connectivity index (χ0n) is 16.0. The summed E-state index contributed by atoms with van der Waals surface area (Å²) in [5, 5.41) is 12.5. The molecule has 0 heterocycles. The monoisotopic (exact) mass is 459 g/mol. The molecule has 0 bridgehead atoms. The molecule has 29 heavy (non-hydrogen) atoms. The van der Waals surface area contributed by atoms with Gasteiger partial charge in [-0.2, -0.15) is 27.0 Å². The van der Waals surface area contributed by atoms with Crippen molar-refractivity contribution in [3.8, 4) is 0 Å². The van der Waals surface area contributed by atoms with E-state index in [1.807, 2.05) is 0 Å². The first kappa shape index (κ1) is 25.5. The van der Waals surface area contributed by atoms with Crippen molar-refractivity contribution in [1.82, 2.24) is 0 Å². The number of aliphatic hydroxyl groups is 1. The number of nitrogens with one attached hydrogen (secondary N) is 1. The SMILES string of the molecule is Cc1cc(NC(=O)c2cccc(S(=O)(=O)C[C@H]3CCC[C@@H]3O)c2)ccc1F.S.S. The van der Waals surface area contributed by atoms with Crippen molar-refractivity contribution in [2.24, 2.45) is 5.92 Å². The maximum Gasteiger partial charge on any atom is 0.255 e. The Labute approximate surface area is 184 Å². The van der Waals surface area contributed by atoms with E-state index in [4.69, 9.17) is 0 Å².